The van der Waals surface area contributed by atoms with E-state index in [0.29, 0.717) is 10.6 Å². The van der Waals surface area contributed by atoms with Gasteiger partial charge >= 0.3 is 0 Å². The highest BCUT2D eigenvalue weighted by Gasteiger charge is 2.53. The zero-order chi connectivity index (χ0) is 17.3. The van der Waals surface area contributed by atoms with Gasteiger partial charge in [0.2, 0.25) is 6.04 Å². The molecule has 1 fully saturated rings. The van der Waals surface area contributed by atoms with E-state index in [-0.39, 0.29) is 5.92 Å². The van der Waals surface area contributed by atoms with Crippen molar-refractivity contribution >= 4 is 23.1 Å². The van der Waals surface area contributed by atoms with Gasteiger partial charge in [-0.15, -0.1) is 0 Å². The third-order valence-corrected chi connectivity index (χ3v) is 4.72. The molecule has 3 atom stereocenters. The summed E-state index contributed by atoms with van der Waals surface area (Å²) in [6, 6.07) is 9.23. The molecule has 5 nitrogen and oxygen atoms in total. The minimum absolute atomic E-state index is 0.328. The topological polar surface area (TPSA) is 72.9 Å². The van der Waals surface area contributed by atoms with Crippen molar-refractivity contribution in [2.75, 3.05) is 0 Å². The van der Waals surface area contributed by atoms with Crippen LogP contribution in [-0.4, -0.2) is 26.7 Å². The van der Waals surface area contributed by atoms with Crippen molar-refractivity contribution in [3.63, 3.8) is 0 Å². The number of rotatable bonds is 2. The second-order valence-electron chi connectivity index (χ2n) is 6.10. The van der Waals surface area contributed by atoms with Gasteiger partial charge in [-0.2, -0.15) is 4.57 Å². The maximum Gasteiger partial charge on any atom is 0.216 e. The van der Waals surface area contributed by atoms with Gasteiger partial charge in [0, 0.05) is 31.5 Å². The van der Waals surface area contributed by atoms with E-state index in [2.05, 4.69) is 16.2 Å². The number of nitrogens with zero attached hydrogens (tertiary/aromatic N) is 2. The van der Waals surface area contributed by atoms with Crippen molar-refractivity contribution in [2.45, 2.75) is 31.5 Å². The summed E-state index contributed by atoms with van der Waals surface area (Å²) in [5, 5.41) is 21.8. The Morgan fingerprint density at radius 1 is 1.38 bits per heavy atom. The van der Waals surface area contributed by atoms with Crippen LogP contribution in [0, 0.1) is 12.3 Å². The third-order valence-electron chi connectivity index (χ3n) is 4.39. The Labute approximate surface area is 146 Å². The number of piperidine rings is 1. The first-order valence-corrected chi connectivity index (χ1v) is 8.07. The van der Waals surface area contributed by atoms with Gasteiger partial charge in [0.25, 0.3) is 0 Å². The first-order valence-electron chi connectivity index (χ1n) is 7.67. The number of hydrogen-bond acceptors (Lipinski definition) is 4. The average molecular weight is 339 g/mol. The lowest BCUT2D eigenvalue weighted by atomic mass is 9.77. The Bertz CT molecular complexity index is 828. The van der Waals surface area contributed by atoms with E-state index < -0.39 is 11.8 Å². The van der Waals surface area contributed by atoms with Gasteiger partial charge in [-0.3, -0.25) is 10.4 Å². The Kier molecular flexibility index (Phi) is 4.28. The van der Waals surface area contributed by atoms with Crippen LogP contribution < -0.4 is 9.88 Å². The summed E-state index contributed by atoms with van der Waals surface area (Å²) in [6.45, 7) is 3.69. The molecule has 3 heterocycles. The summed E-state index contributed by atoms with van der Waals surface area (Å²) >= 11 is 5.37. The van der Waals surface area contributed by atoms with Crippen molar-refractivity contribution < 1.29 is 9.67 Å². The van der Waals surface area contributed by atoms with E-state index in [0.717, 1.165) is 11.3 Å². The van der Waals surface area contributed by atoms with E-state index in [1.54, 1.807) is 19.3 Å². The molecule has 3 rings (SSSR count). The maximum atomic E-state index is 11.1. The zero-order valence-corrected chi connectivity index (χ0v) is 14.3. The highest BCUT2D eigenvalue weighted by atomic mass is 32.1. The molecule has 0 saturated carbocycles. The predicted octanol–water partition coefficient (Wildman–Crippen LogP) is 1.82. The molecule has 2 aromatic rings. The first kappa shape index (κ1) is 16.5. The third kappa shape index (κ3) is 2.76. The fraction of sp³-hybridized carbons (Fsp3) is 0.278. The fourth-order valence-electron chi connectivity index (χ4n) is 3.32. The molecule has 0 spiro atoms. The second-order valence-corrected chi connectivity index (χ2v) is 6.51. The van der Waals surface area contributed by atoms with Gasteiger partial charge < -0.3 is 10.4 Å². The van der Waals surface area contributed by atoms with Crippen molar-refractivity contribution in [3.05, 3.63) is 65.8 Å². The summed E-state index contributed by atoms with van der Waals surface area (Å²) < 4.78 is 2.00. The SMILES string of the molecule is Cc1cccc[n+]1C1C(c2cccnc2)C(=C=N)C(=S)NC1(C)O. The van der Waals surface area contributed by atoms with Gasteiger partial charge in [0.05, 0.1) is 11.5 Å². The van der Waals surface area contributed by atoms with Crippen molar-refractivity contribution in [1.82, 2.24) is 10.3 Å². The van der Waals surface area contributed by atoms with E-state index in [1.807, 2.05) is 48.0 Å². The normalized spacial score (nSPS) is 26.6. The van der Waals surface area contributed by atoms with Crippen LogP contribution in [0.3, 0.4) is 0 Å². The monoisotopic (exact) mass is 339 g/mol. The Morgan fingerprint density at radius 2 is 2.17 bits per heavy atom. The number of pyridine rings is 2. The number of hydrogen-bond donors (Lipinski definition) is 3. The van der Waals surface area contributed by atoms with Gasteiger partial charge in [0.15, 0.2) is 17.6 Å². The number of nitrogens with one attached hydrogen (secondary N) is 2. The first-order chi connectivity index (χ1) is 11.5. The molecule has 1 aliphatic rings. The summed E-state index contributed by atoms with van der Waals surface area (Å²) in [5.41, 5.74) is 1.15. The van der Waals surface area contributed by atoms with E-state index in [1.165, 1.54) is 0 Å². The molecule has 0 aliphatic carbocycles. The zero-order valence-electron chi connectivity index (χ0n) is 13.5. The van der Waals surface area contributed by atoms with Crippen molar-refractivity contribution in [2.24, 2.45) is 0 Å². The quantitative estimate of drug-likeness (QED) is 0.338. The standard InChI is InChI=1S/C18H18N4OS/c1-12-6-3-4-9-22(12)16-15(13-7-5-8-20-11-13)14(10-19)17(24)21-18(16,2)23/h3-9,11,15-16,19,23H,1-2H3/p+1. The van der Waals surface area contributed by atoms with Crippen molar-refractivity contribution in [3.8, 4) is 0 Å². The molecule has 0 bridgehead atoms. The number of aromatic nitrogens is 2. The van der Waals surface area contributed by atoms with E-state index >= 15 is 0 Å². The van der Waals surface area contributed by atoms with Gasteiger partial charge in [0.1, 0.15) is 4.99 Å². The van der Waals surface area contributed by atoms with Crippen LogP contribution in [0.4, 0.5) is 0 Å². The molecular weight excluding hydrogens is 320 g/mol. The average Bonchev–Trinajstić information content (AvgIpc) is 2.55. The van der Waals surface area contributed by atoms with Crippen LogP contribution in [0.1, 0.15) is 30.1 Å². The minimum Gasteiger partial charge on any atom is -0.366 e. The molecule has 24 heavy (non-hydrogen) atoms. The van der Waals surface area contributed by atoms with E-state index in [4.69, 9.17) is 17.6 Å². The van der Waals surface area contributed by atoms with Crippen LogP contribution in [0.25, 0.3) is 0 Å². The lowest BCUT2D eigenvalue weighted by Gasteiger charge is -2.41. The molecule has 1 saturated heterocycles. The molecule has 2 aromatic heterocycles. The summed E-state index contributed by atoms with van der Waals surface area (Å²) in [4.78, 5) is 4.54. The molecule has 1 aliphatic heterocycles. The summed E-state index contributed by atoms with van der Waals surface area (Å²) in [6.07, 6.45) is 5.37. The Balaban J connectivity index is 2.26. The largest absolute Gasteiger partial charge is 0.366 e. The van der Waals surface area contributed by atoms with Gasteiger partial charge in [-0.05, 0) is 24.4 Å². The predicted molar refractivity (Wildman–Crippen MR) is 95.0 cm³/mol. The molecular formula is C18H19N4OS+. The number of thiocarbonyl (C=S) groups is 1. The summed E-state index contributed by atoms with van der Waals surface area (Å²) in [5.74, 6) is 2.14. The molecule has 0 radical (unpaired) electrons. The molecule has 3 N–H and O–H groups in total. The van der Waals surface area contributed by atoms with Crippen molar-refractivity contribution in [1.29, 1.82) is 5.41 Å². The Hall–Kier alpha value is -2.40. The second kappa shape index (κ2) is 6.24. The molecule has 122 valence electrons. The maximum absolute atomic E-state index is 11.1. The summed E-state index contributed by atoms with van der Waals surface area (Å²) in [7, 11) is 0. The molecule has 6 heteroatoms. The van der Waals surface area contributed by atoms with Gasteiger partial charge in [-0.25, -0.2) is 0 Å². The highest BCUT2D eigenvalue weighted by molar-refractivity contribution is 7.80. The van der Waals surface area contributed by atoms with Crippen LogP contribution in [-0.2, 0) is 0 Å². The fourth-order valence-corrected chi connectivity index (χ4v) is 3.71. The lowest BCUT2D eigenvalue weighted by Crippen LogP contribution is -2.66. The molecule has 0 aromatic carbocycles. The van der Waals surface area contributed by atoms with Crippen LogP contribution in [0.5, 0.6) is 0 Å². The van der Waals surface area contributed by atoms with Gasteiger partial charge in [-0.1, -0.05) is 24.4 Å². The van der Waals surface area contributed by atoms with Crippen LogP contribution in [0.2, 0.25) is 0 Å². The van der Waals surface area contributed by atoms with Crippen LogP contribution >= 0.6 is 12.2 Å². The minimum atomic E-state index is -1.28. The molecule has 0 amide bonds. The Morgan fingerprint density at radius 3 is 2.79 bits per heavy atom. The van der Waals surface area contributed by atoms with Crippen LogP contribution in [0.15, 0.2) is 54.5 Å². The molecule has 3 unspecified atom stereocenters. The van der Waals surface area contributed by atoms with E-state index in [9.17, 15) is 5.11 Å². The highest BCUT2D eigenvalue weighted by Crippen LogP contribution is 2.40. The number of aryl methyl sites for hydroxylation is 1. The number of aliphatic hydroxyl groups is 1. The lowest BCUT2D eigenvalue weighted by molar-refractivity contribution is -0.745. The smallest absolute Gasteiger partial charge is 0.216 e.